The molecule has 0 aliphatic carbocycles. The van der Waals surface area contributed by atoms with Crippen molar-refractivity contribution >= 4 is 17.1 Å². The zero-order valence-corrected chi connectivity index (χ0v) is 16.4. The van der Waals surface area contributed by atoms with Crippen LogP contribution in [0, 0.1) is 11.7 Å². The van der Waals surface area contributed by atoms with Crippen LogP contribution in [0.3, 0.4) is 0 Å². The molecule has 0 saturated carbocycles. The highest BCUT2D eigenvalue weighted by Gasteiger charge is 2.25. The fourth-order valence-electron chi connectivity index (χ4n) is 3.85. The predicted octanol–water partition coefficient (Wildman–Crippen LogP) is 1.86. The molecule has 1 aliphatic rings. The summed E-state index contributed by atoms with van der Waals surface area (Å²) in [5, 5.41) is 0. The van der Waals surface area contributed by atoms with Crippen molar-refractivity contribution in [1.29, 1.82) is 0 Å². The third-order valence-electron chi connectivity index (χ3n) is 5.62. The number of hydrogen-bond acceptors (Lipinski definition) is 4. The Balaban J connectivity index is 1.94. The first-order chi connectivity index (χ1) is 13.4. The van der Waals surface area contributed by atoms with Gasteiger partial charge in [0.2, 0.25) is 5.95 Å². The van der Waals surface area contributed by atoms with Crippen molar-refractivity contribution in [1.82, 2.24) is 18.7 Å². The molecular formula is C20H24FN5O2. The maximum Gasteiger partial charge on any atom is 0.332 e. The highest BCUT2D eigenvalue weighted by atomic mass is 19.1. The molecule has 0 atom stereocenters. The highest BCUT2D eigenvalue weighted by molar-refractivity contribution is 5.74. The second kappa shape index (κ2) is 6.92. The Hall–Kier alpha value is -2.90. The van der Waals surface area contributed by atoms with E-state index in [2.05, 4.69) is 16.8 Å². The molecule has 7 nitrogen and oxygen atoms in total. The minimum absolute atomic E-state index is 0.309. The number of aromatic nitrogens is 4. The Morgan fingerprint density at radius 3 is 2.54 bits per heavy atom. The molecule has 1 aliphatic heterocycles. The van der Waals surface area contributed by atoms with E-state index in [1.54, 1.807) is 13.1 Å². The average Bonchev–Trinajstić information content (AvgIpc) is 3.04. The summed E-state index contributed by atoms with van der Waals surface area (Å²) in [6, 6.07) is 6.33. The second-order valence-corrected chi connectivity index (χ2v) is 7.68. The van der Waals surface area contributed by atoms with Crippen molar-refractivity contribution in [3.63, 3.8) is 0 Å². The average molecular weight is 385 g/mol. The van der Waals surface area contributed by atoms with Gasteiger partial charge >= 0.3 is 5.69 Å². The molecule has 0 spiro atoms. The summed E-state index contributed by atoms with van der Waals surface area (Å²) >= 11 is 0. The zero-order valence-electron chi connectivity index (χ0n) is 16.4. The fraction of sp³-hybridized carbons (Fsp3) is 0.450. The lowest BCUT2D eigenvalue weighted by Gasteiger charge is -2.31. The first-order valence-corrected chi connectivity index (χ1v) is 9.52. The van der Waals surface area contributed by atoms with E-state index in [-0.39, 0.29) is 5.82 Å². The summed E-state index contributed by atoms with van der Waals surface area (Å²) in [6.45, 7) is 4.21. The zero-order chi connectivity index (χ0) is 20.0. The van der Waals surface area contributed by atoms with Crippen LogP contribution in [0.5, 0.6) is 0 Å². The van der Waals surface area contributed by atoms with E-state index in [1.165, 1.54) is 23.7 Å². The number of benzene rings is 1. The first kappa shape index (κ1) is 18.5. The van der Waals surface area contributed by atoms with Crippen LogP contribution < -0.4 is 16.1 Å². The van der Waals surface area contributed by atoms with Gasteiger partial charge in [0.1, 0.15) is 5.82 Å². The lowest BCUT2D eigenvalue weighted by atomic mass is 10.00. The molecule has 0 unspecified atom stereocenters. The molecule has 1 fully saturated rings. The Morgan fingerprint density at radius 2 is 1.86 bits per heavy atom. The standard InChI is InChI=1S/C20H24FN5O2/c1-13-7-9-25(10-8-13)19-22-17-16(18(27)24(3)20(28)23(17)2)26(19)12-14-5-4-6-15(21)11-14/h4-6,11,13H,7-10,12H2,1-3H3. The van der Waals surface area contributed by atoms with Gasteiger partial charge < -0.3 is 4.90 Å². The van der Waals surface area contributed by atoms with Crippen molar-refractivity contribution in [2.24, 2.45) is 20.0 Å². The molecular weight excluding hydrogens is 361 g/mol. The van der Waals surface area contributed by atoms with Crippen LogP contribution >= 0.6 is 0 Å². The van der Waals surface area contributed by atoms with Crippen LogP contribution in [0.2, 0.25) is 0 Å². The molecule has 28 heavy (non-hydrogen) atoms. The van der Waals surface area contributed by atoms with E-state index in [0.29, 0.717) is 29.6 Å². The Labute approximate surface area is 161 Å². The van der Waals surface area contributed by atoms with Gasteiger partial charge in [-0.15, -0.1) is 0 Å². The van der Waals surface area contributed by atoms with E-state index in [1.807, 2.05) is 10.6 Å². The summed E-state index contributed by atoms with van der Waals surface area (Å²) in [7, 11) is 3.08. The Kier molecular flexibility index (Phi) is 4.56. The molecule has 0 radical (unpaired) electrons. The molecule has 0 amide bonds. The molecule has 1 aromatic carbocycles. The van der Waals surface area contributed by atoms with Crippen LogP contribution in [0.4, 0.5) is 10.3 Å². The number of hydrogen-bond donors (Lipinski definition) is 0. The molecule has 8 heteroatoms. The third kappa shape index (κ3) is 3.02. The number of nitrogens with zero attached hydrogens (tertiary/aromatic N) is 5. The largest absolute Gasteiger partial charge is 0.342 e. The molecule has 148 valence electrons. The lowest BCUT2D eigenvalue weighted by Crippen LogP contribution is -2.38. The molecule has 4 rings (SSSR count). The smallest absolute Gasteiger partial charge is 0.332 e. The highest BCUT2D eigenvalue weighted by Crippen LogP contribution is 2.26. The summed E-state index contributed by atoms with van der Waals surface area (Å²) in [5.74, 6) is 0.981. The summed E-state index contributed by atoms with van der Waals surface area (Å²) in [6.07, 6.45) is 2.08. The van der Waals surface area contributed by atoms with Gasteiger partial charge in [-0.05, 0) is 36.5 Å². The minimum atomic E-state index is -0.410. The van der Waals surface area contributed by atoms with Gasteiger partial charge in [0.15, 0.2) is 11.2 Å². The molecule has 0 bridgehead atoms. The van der Waals surface area contributed by atoms with Crippen molar-refractivity contribution in [3.05, 3.63) is 56.5 Å². The number of halogens is 1. The summed E-state index contributed by atoms with van der Waals surface area (Å²) in [4.78, 5) is 32.1. The first-order valence-electron chi connectivity index (χ1n) is 9.52. The summed E-state index contributed by atoms with van der Waals surface area (Å²) < 4.78 is 18.0. The van der Waals surface area contributed by atoms with E-state index in [9.17, 15) is 14.0 Å². The number of fused-ring (bicyclic) bond motifs is 1. The van der Waals surface area contributed by atoms with Gasteiger partial charge in [0.25, 0.3) is 5.56 Å². The maximum atomic E-state index is 13.7. The van der Waals surface area contributed by atoms with Crippen LogP contribution in [-0.2, 0) is 20.6 Å². The number of rotatable bonds is 3. The predicted molar refractivity (Wildman–Crippen MR) is 106 cm³/mol. The quantitative estimate of drug-likeness (QED) is 0.690. The number of aryl methyl sites for hydroxylation is 1. The van der Waals surface area contributed by atoms with Gasteiger partial charge in [-0.1, -0.05) is 19.1 Å². The SMILES string of the molecule is CC1CCN(c2nc3c(c(=O)n(C)c(=O)n3C)n2Cc2cccc(F)c2)CC1. The lowest BCUT2D eigenvalue weighted by molar-refractivity contribution is 0.432. The van der Waals surface area contributed by atoms with Crippen LogP contribution in [-0.4, -0.2) is 31.8 Å². The Morgan fingerprint density at radius 1 is 1.14 bits per heavy atom. The Bertz CT molecular complexity index is 1150. The molecule has 0 N–H and O–H groups in total. The van der Waals surface area contributed by atoms with Crippen molar-refractivity contribution in [2.75, 3.05) is 18.0 Å². The number of anilines is 1. The fourth-order valence-corrected chi connectivity index (χ4v) is 3.85. The number of piperidine rings is 1. The molecule has 3 heterocycles. The van der Waals surface area contributed by atoms with Gasteiger partial charge in [-0.3, -0.25) is 18.5 Å². The summed E-state index contributed by atoms with van der Waals surface area (Å²) in [5.41, 5.74) is 0.660. The number of imidazole rings is 1. The van der Waals surface area contributed by atoms with Crippen LogP contribution in [0.15, 0.2) is 33.9 Å². The molecule has 1 saturated heterocycles. The maximum absolute atomic E-state index is 13.7. The van der Waals surface area contributed by atoms with E-state index in [4.69, 9.17) is 0 Å². The van der Waals surface area contributed by atoms with Gasteiger partial charge in [-0.2, -0.15) is 4.98 Å². The second-order valence-electron chi connectivity index (χ2n) is 7.68. The van der Waals surface area contributed by atoms with Gasteiger partial charge in [0.05, 0.1) is 6.54 Å². The van der Waals surface area contributed by atoms with Gasteiger partial charge in [-0.25, -0.2) is 9.18 Å². The normalized spacial score (nSPS) is 15.5. The topological polar surface area (TPSA) is 65.1 Å². The monoisotopic (exact) mass is 385 g/mol. The van der Waals surface area contributed by atoms with Crippen LogP contribution in [0.1, 0.15) is 25.3 Å². The van der Waals surface area contributed by atoms with Crippen molar-refractivity contribution in [3.8, 4) is 0 Å². The third-order valence-corrected chi connectivity index (χ3v) is 5.62. The molecule has 3 aromatic rings. The van der Waals surface area contributed by atoms with Crippen molar-refractivity contribution in [2.45, 2.75) is 26.3 Å². The van der Waals surface area contributed by atoms with E-state index < -0.39 is 11.2 Å². The van der Waals surface area contributed by atoms with E-state index in [0.717, 1.165) is 36.1 Å². The van der Waals surface area contributed by atoms with Gasteiger partial charge in [0, 0.05) is 27.2 Å². The molecule has 2 aromatic heterocycles. The minimum Gasteiger partial charge on any atom is -0.342 e. The van der Waals surface area contributed by atoms with Crippen LogP contribution in [0.25, 0.3) is 11.2 Å². The van der Waals surface area contributed by atoms with Crippen molar-refractivity contribution < 1.29 is 4.39 Å². The van der Waals surface area contributed by atoms with E-state index >= 15 is 0 Å².